The van der Waals surface area contributed by atoms with Gasteiger partial charge in [-0.2, -0.15) is 0 Å². The molecule has 2 amide bonds. The summed E-state index contributed by atoms with van der Waals surface area (Å²) in [6.07, 6.45) is 5.70. The number of methoxy groups -OCH3 is 1. The van der Waals surface area contributed by atoms with Crippen molar-refractivity contribution in [2.45, 2.75) is 94.7 Å². The molecular weight excluding hydrogens is 495 g/mol. The zero-order valence-electron chi connectivity index (χ0n) is 22.0. The standard InChI is InChI=1S/C28H37FN2O7/c1-27(8-3-9-27)14-30-26(34)23-19-4-5-20(38-19)24(23)31-25(33)17-12-22(18(29)13-21(17)36-2)37-16-6-10-28(35,15-32)11-7-16/h12-13,15-16,19-20,23-24,35H,3-11,14H2,1-2H3,(H,30,34)(H,31,33)/t16?,19-,20+,23+,24-,28?/m1/s1. The molecule has 2 aliphatic heterocycles. The summed E-state index contributed by atoms with van der Waals surface area (Å²) in [5.41, 5.74) is -1.15. The highest BCUT2D eigenvalue weighted by Crippen LogP contribution is 2.42. The van der Waals surface area contributed by atoms with Crippen LogP contribution in [0.2, 0.25) is 0 Å². The first-order valence-corrected chi connectivity index (χ1v) is 13.6. The molecule has 0 unspecified atom stereocenters. The highest BCUT2D eigenvalue weighted by atomic mass is 19.1. The molecule has 4 atom stereocenters. The number of aldehydes is 1. The molecular formula is C28H37FN2O7. The van der Waals surface area contributed by atoms with Crippen molar-refractivity contribution in [3.63, 3.8) is 0 Å². The van der Waals surface area contributed by atoms with Gasteiger partial charge in [0.05, 0.1) is 42.9 Å². The number of hydrogen-bond acceptors (Lipinski definition) is 7. The molecule has 208 valence electrons. The third-order valence-electron chi connectivity index (χ3n) is 8.93. The topological polar surface area (TPSA) is 123 Å². The lowest BCUT2D eigenvalue weighted by molar-refractivity contribution is -0.129. The summed E-state index contributed by atoms with van der Waals surface area (Å²) < 4.78 is 32.0. The Morgan fingerprint density at radius 1 is 1.13 bits per heavy atom. The molecule has 38 heavy (non-hydrogen) atoms. The number of benzene rings is 1. The van der Waals surface area contributed by atoms with E-state index in [2.05, 4.69) is 17.6 Å². The van der Waals surface area contributed by atoms with Gasteiger partial charge in [0.15, 0.2) is 17.9 Å². The fourth-order valence-electron chi connectivity index (χ4n) is 6.28. The molecule has 2 saturated carbocycles. The number of rotatable bonds is 9. The molecule has 3 N–H and O–H groups in total. The van der Waals surface area contributed by atoms with E-state index in [4.69, 9.17) is 14.2 Å². The maximum atomic E-state index is 14.8. The Balaban J connectivity index is 1.29. The minimum atomic E-state index is -1.37. The average Bonchev–Trinajstić information content (AvgIpc) is 3.50. The molecule has 0 spiro atoms. The molecule has 10 heteroatoms. The molecule has 2 saturated heterocycles. The van der Waals surface area contributed by atoms with Crippen LogP contribution in [0.15, 0.2) is 12.1 Å². The van der Waals surface area contributed by atoms with Gasteiger partial charge in [0.2, 0.25) is 5.91 Å². The van der Waals surface area contributed by atoms with Gasteiger partial charge in [-0.15, -0.1) is 0 Å². The van der Waals surface area contributed by atoms with Crippen molar-refractivity contribution in [1.29, 1.82) is 0 Å². The number of fused-ring (bicyclic) bond motifs is 2. The van der Waals surface area contributed by atoms with E-state index in [1.165, 1.54) is 19.6 Å². The summed E-state index contributed by atoms with van der Waals surface area (Å²) in [4.78, 5) is 37.7. The van der Waals surface area contributed by atoms with Gasteiger partial charge in [-0.25, -0.2) is 4.39 Å². The summed E-state index contributed by atoms with van der Waals surface area (Å²) in [6, 6.07) is 1.91. The number of carbonyl (C=O) groups excluding carboxylic acids is 3. The Morgan fingerprint density at radius 3 is 2.47 bits per heavy atom. The van der Waals surface area contributed by atoms with Gasteiger partial charge in [-0.3, -0.25) is 9.59 Å². The van der Waals surface area contributed by atoms with E-state index in [9.17, 15) is 23.9 Å². The van der Waals surface area contributed by atoms with Crippen molar-refractivity contribution in [1.82, 2.24) is 10.6 Å². The minimum Gasteiger partial charge on any atom is -0.496 e. The van der Waals surface area contributed by atoms with E-state index in [0.29, 0.717) is 25.7 Å². The van der Waals surface area contributed by atoms with Crippen LogP contribution >= 0.6 is 0 Å². The van der Waals surface area contributed by atoms with Crippen LogP contribution in [0.25, 0.3) is 0 Å². The van der Waals surface area contributed by atoms with Crippen molar-refractivity contribution >= 4 is 18.1 Å². The van der Waals surface area contributed by atoms with Crippen LogP contribution in [-0.2, 0) is 14.3 Å². The number of ether oxygens (including phenoxy) is 3. The Kier molecular flexibility index (Phi) is 7.39. The van der Waals surface area contributed by atoms with Crippen molar-refractivity contribution in [2.75, 3.05) is 13.7 Å². The van der Waals surface area contributed by atoms with E-state index >= 15 is 0 Å². The average molecular weight is 533 g/mol. The number of aliphatic hydroxyl groups is 1. The summed E-state index contributed by atoms with van der Waals surface area (Å²) in [5.74, 6) is -1.85. The molecule has 1 aromatic rings. The van der Waals surface area contributed by atoms with Crippen LogP contribution in [0.5, 0.6) is 11.5 Å². The zero-order chi connectivity index (χ0) is 27.1. The maximum Gasteiger partial charge on any atom is 0.255 e. The van der Waals surface area contributed by atoms with Gasteiger partial charge in [0, 0.05) is 12.6 Å². The number of hydrogen-bond donors (Lipinski definition) is 3. The first-order chi connectivity index (χ1) is 18.1. The van der Waals surface area contributed by atoms with Crippen molar-refractivity contribution in [2.24, 2.45) is 11.3 Å². The van der Waals surface area contributed by atoms with Crippen molar-refractivity contribution < 1.29 is 38.1 Å². The predicted molar refractivity (Wildman–Crippen MR) is 134 cm³/mol. The van der Waals surface area contributed by atoms with E-state index in [0.717, 1.165) is 31.7 Å². The van der Waals surface area contributed by atoms with Gasteiger partial charge >= 0.3 is 0 Å². The Morgan fingerprint density at radius 2 is 1.84 bits per heavy atom. The molecule has 2 bridgehead atoms. The minimum absolute atomic E-state index is 0.0503. The van der Waals surface area contributed by atoms with Crippen LogP contribution < -0.4 is 20.1 Å². The van der Waals surface area contributed by atoms with Crippen LogP contribution in [0.1, 0.15) is 75.1 Å². The fraction of sp³-hybridized carbons (Fsp3) is 0.679. The molecule has 4 fully saturated rings. The van der Waals surface area contributed by atoms with Crippen LogP contribution in [0, 0.1) is 17.2 Å². The van der Waals surface area contributed by atoms with Crippen LogP contribution in [0.4, 0.5) is 4.39 Å². The lowest BCUT2D eigenvalue weighted by Gasteiger charge is -2.39. The Bertz CT molecular complexity index is 1080. The van der Waals surface area contributed by atoms with Gasteiger partial charge < -0.3 is 34.7 Å². The van der Waals surface area contributed by atoms with E-state index in [1.54, 1.807) is 0 Å². The SMILES string of the molecule is COc1cc(F)c(OC2CCC(O)(C=O)CC2)cc1C(=O)N[C@H]1[C@@H](C(=O)NCC2(C)CCC2)[C@H]2CC[C@@H]1O2. The van der Waals surface area contributed by atoms with Crippen molar-refractivity contribution in [3.05, 3.63) is 23.5 Å². The second-order valence-electron chi connectivity index (χ2n) is 11.7. The molecule has 0 aromatic heterocycles. The lowest BCUT2D eigenvalue weighted by atomic mass is 9.70. The normalized spacial score (nSPS) is 33.2. The Hall–Kier alpha value is -2.72. The van der Waals surface area contributed by atoms with Crippen LogP contribution in [-0.4, -0.2) is 66.8 Å². The molecule has 0 radical (unpaired) electrons. The Labute approximate surface area is 221 Å². The second-order valence-corrected chi connectivity index (χ2v) is 11.7. The predicted octanol–water partition coefficient (Wildman–Crippen LogP) is 2.67. The molecule has 2 aliphatic carbocycles. The molecule has 9 nitrogen and oxygen atoms in total. The molecule has 2 heterocycles. The number of carbonyl (C=O) groups is 3. The third kappa shape index (κ3) is 5.25. The van der Waals surface area contributed by atoms with Gasteiger partial charge in [-0.1, -0.05) is 13.3 Å². The summed E-state index contributed by atoms with van der Waals surface area (Å²) in [5, 5.41) is 16.2. The number of halogens is 1. The van der Waals surface area contributed by atoms with E-state index in [1.807, 2.05) is 0 Å². The molecule has 1 aromatic carbocycles. The molecule has 5 rings (SSSR count). The maximum absolute atomic E-state index is 14.8. The second kappa shape index (κ2) is 10.4. The highest BCUT2D eigenvalue weighted by molar-refractivity contribution is 5.98. The number of amides is 2. The lowest BCUT2D eigenvalue weighted by Crippen LogP contribution is -2.53. The highest BCUT2D eigenvalue weighted by Gasteiger charge is 2.53. The smallest absolute Gasteiger partial charge is 0.255 e. The number of nitrogens with one attached hydrogen (secondary N) is 2. The van der Waals surface area contributed by atoms with Gasteiger partial charge in [0.25, 0.3) is 5.91 Å². The van der Waals surface area contributed by atoms with Gasteiger partial charge in [-0.05, 0) is 62.8 Å². The van der Waals surface area contributed by atoms with E-state index in [-0.39, 0.29) is 53.4 Å². The summed E-state index contributed by atoms with van der Waals surface area (Å²) in [7, 11) is 1.35. The largest absolute Gasteiger partial charge is 0.496 e. The first kappa shape index (κ1) is 26.9. The third-order valence-corrected chi connectivity index (χ3v) is 8.93. The monoisotopic (exact) mass is 532 g/mol. The van der Waals surface area contributed by atoms with E-state index < -0.39 is 35.4 Å². The van der Waals surface area contributed by atoms with Gasteiger partial charge in [0.1, 0.15) is 11.4 Å². The van der Waals surface area contributed by atoms with Crippen molar-refractivity contribution in [3.8, 4) is 11.5 Å². The first-order valence-electron chi connectivity index (χ1n) is 13.6. The quantitative estimate of drug-likeness (QED) is 0.418. The molecule has 4 aliphatic rings. The van der Waals surface area contributed by atoms with Crippen LogP contribution in [0.3, 0.4) is 0 Å². The summed E-state index contributed by atoms with van der Waals surface area (Å²) in [6.45, 7) is 2.78. The fourth-order valence-corrected chi connectivity index (χ4v) is 6.28. The summed E-state index contributed by atoms with van der Waals surface area (Å²) >= 11 is 0. The zero-order valence-corrected chi connectivity index (χ0v) is 22.0.